The highest BCUT2D eigenvalue weighted by atomic mass is 16.5. The summed E-state index contributed by atoms with van der Waals surface area (Å²) in [5.41, 5.74) is -0.149. The molecule has 0 bridgehead atoms. The number of aliphatic hydroxyl groups is 1. The monoisotopic (exact) mass is 299 g/mol. The van der Waals surface area contributed by atoms with Crippen LogP contribution in [0.15, 0.2) is 16.9 Å². The van der Waals surface area contributed by atoms with Crippen molar-refractivity contribution < 1.29 is 19.4 Å². The second-order valence-corrected chi connectivity index (χ2v) is 4.28. The van der Waals surface area contributed by atoms with E-state index >= 15 is 0 Å². The number of carbonyl (C=O) groups is 1. The molecule has 0 radical (unpaired) electrons. The maximum Gasteiger partial charge on any atom is 0.274 e. The van der Waals surface area contributed by atoms with Gasteiger partial charge in [-0.25, -0.2) is 4.68 Å². The maximum atomic E-state index is 12.3. The second kappa shape index (κ2) is 9.22. The highest BCUT2D eigenvalue weighted by molar-refractivity contribution is 5.92. The van der Waals surface area contributed by atoms with Crippen LogP contribution in [0.25, 0.3) is 0 Å². The van der Waals surface area contributed by atoms with Gasteiger partial charge in [-0.1, -0.05) is 0 Å². The molecule has 0 atom stereocenters. The predicted molar refractivity (Wildman–Crippen MR) is 75.2 cm³/mol. The van der Waals surface area contributed by atoms with E-state index in [0.717, 1.165) is 0 Å². The van der Waals surface area contributed by atoms with Gasteiger partial charge in [-0.2, -0.15) is 5.10 Å². The molecule has 8 heteroatoms. The quantitative estimate of drug-likeness (QED) is 0.627. The Hall–Kier alpha value is -1.77. The summed E-state index contributed by atoms with van der Waals surface area (Å²) in [5.74, 6) is -0.354. The Morgan fingerprint density at radius 1 is 1.29 bits per heavy atom. The normalized spacial score (nSPS) is 10.6. The van der Waals surface area contributed by atoms with Crippen LogP contribution in [0, 0.1) is 0 Å². The van der Waals surface area contributed by atoms with E-state index in [1.165, 1.54) is 35.9 Å². The van der Waals surface area contributed by atoms with Crippen LogP contribution in [0.2, 0.25) is 0 Å². The number of hydrogen-bond donors (Lipinski definition) is 1. The Morgan fingerprint density at radius 2 is 2.00 bits per heavy atom. The van der Waals surface area contributed by atoms with Crippen molar-refractivity contribution in [3.63, 3.8) is 0 Å². The molecule has 1 rings (SSSR count). The second-order valence-electron chi connectivity index (χ2n) is 4.28. The summed E-state index contributed by atoms with van der Waals surface area (Å²) in [4.78, 5) is 25.4. The van der Waals surface area contributed by atoms with Gasteiger partial charge in [-0.15, -0.1) is 0 Å². The van der Waals surface area contributed by atoms with Crippen molar-refractivity contribution in [3.05, 3.63) is 28.2 Å². The number of carbonyl (C=O) groups excluding carboxylic acids is 1. The highest BCUT2D eigenvalue weighted by Crippen LogP contribution is 2.00. The van der Waals surface area contributed by atoms with Gasteiger partial charge in [-0.3, -0.25) is 9.59 Å². The number of aromatic nitrogens is 2. The minimum atomic E-state index is -0.354. The van der Waals surface area contributed by atoms with E-state index in [-0.39, 0.29) is 36.9 Å². The molecule has 1 N–H and O–H groups in total. The van der Waals surface area contributed by atoms with E-state index in [0.29, 0.717) is 19.8 Å². The van der Waals surface area contributed by atoms with Crippen LogP contribution in [0.5, 0.6) is 0 Å². The van der Waals surface area contributed by atoms with Gasteiger partial charge in [0.2, 0.25) is 0 Å². The first kappa shape index (κ1) is 17.3. The smallest absolute Gasteiger partial charge is 0.274 e. The minimum absolute atomic E-state index is 0.148. The molecule has 1 aromatic rings. The van der Waals surface area contributed by atoms with Gasteiger partial charge >= 0.3 is 0 Å². The van der Waals surface area contributed by atoms with Crippen LogP contribution in [0.1, 0.15) is 10.5 Å². The average molecular weight is 299 g/mol. The lowest BCUT2D eigenvalue weighted by Crippen LogP contribution is -2.38. The minimum Gasteiger partial charge on any atom is -0.395 e. The number of nitrogens with zero attached hydrogens (tertiary/aromatic N) is 3. The number of methoxy groups -OCH3 is 2. The number of ether oxygens (including phenoxy) is 2. The van der Waals surface area contributed by atoms with Crippen LogP contribution in [-0.2, 0) is 16.0 Å². The summed E-state index contributed by atoms with van der Waals surface area (Å²) in [6, 6.07) is 2.68. The molecule has 1 heterocycles. The van der Waals surface area contributed by atoms with Crippen LogP contribution >= 0.6 is 0 Å². The SMILES string of the molecule is COCCN(CCO)C(=O)c1ccc(=O)n(CCOC)n1. The first-order valence-corrected chi connectivity index (χ1v) is 6.60. The molecule has 0 saturated carbocycles. The van der Waals surface area contributed by atoms with Crippen molar-refractivity contribution in [1.82, 2.24) is 14.7 Å². The molecule has 0 aliphatic rings. The zero-order valence-electron chi connectivity index (χ0n) is 12.3. The third-order valence-corrected chi connectivity index (χ3v) is 2.82. The Kier molecular flexibility index (Phi) is 7.59. The molecule has 1 aromatic heterocycles. The van der Waals surface area contributed by atoms with E-state index in [1.807, 2.05) is 0 Å². The van der Waals surface area contributed by atoms with Crippen molar-refractivity contribution in [2.75, 3.05) is 47.1 Å². The molecule has 1 amide bonds. The molecule has 0 aliphatic carbocycles. The standard InChI is InChI=1S/C13H21N3O5/c1-20-9-6-15(5-8-17)13(19)11-3-4-12(18)16(14-11)7-10-21-2/h3-4,17H,5-10H2,1-2H3. The Balaban J connectivity index is 2.90. The predicted octanol–water partition coefficient (Wildman–Crippen LogP) is -1.03. The summed E-state index contributed by atoms with van der Waals surface area (Å²) in [5, 5.41) is 13.1. The molecular weight excluding hydrogens is 278 g/mol. The Morgan fingerprint density at radius 3 is 2.62 bits per heavy atom. The Bertz CT molecular complexity index is 503. The van der Waals surface area contributed by atoms with Crippen molar-refractivity contribution in [1.29, 1.82) is 0 Å². The fourth-order valence-electron chi connectivity index (χ4n) is 1.70. The summed E-state index contributed by atoms with van der Waals surface area (Å²) in [6.07, 6.45) is 0. The molecule has 0 saturated heterocycles. The molecule has 118 valence electrons. The van der Waals surface area contributed by atoms with E-state index in [4.69, 9.17) is 14.6 Å². The molecule has 8 nitrogen and oxygen atoms in total. The number of aliphatic hydroxyl groups excluding tert-OH is 1. The maximum absolute atomic E-state index is 12.3. The molecular formula is C13H21N3O5. The van der Waals surface area contributed by atoms with Crippen LogP contribution in [-0.4, -0.2) is 72.8 Å². The molecule has 21 heavy (non-hydrogen) atoms. The zero-order valence-corrected chi connectivity index (χ0v) is 12.3. The fraction of sp³-hybridized carbons (Fsp3) is 0.615. The first-order valence-electron chi connectivity index (χ1n) is 6.60. The Labute approximate surface area is 122 Å². The summed E-state index contributed by atoms with van der Waals surface area (Å²) < 4.78 is 11.0. The fourth-order valence-corrected chi connectivity index (χ4v) is 1.70. The molecule has 0 aromatic carbocycles. The summed E-state index contributed by atoms with van der Waals surface area (Å²) in [6.45, 7) is 1.33. The van der Waals surface area contributed by atoms with Gasteiger partial charge in [-0.05, 0) is 6.07 Å². The summed E-state index contributed by atoms with van der Waals surface area (Å²) in [7, 11) is 3.05. The van der Waals surface area contributed by atoms with Crippen molar-refractivity contribution in [3.8, 4) is 0 Å². The van der Waals surface area contributed by atoms with E-state index in [2.05, 4.69) is 5.10 Å². The molecule has 0 fully saturated rings. The van der Waals surface area contributed by atoms with Gasteiger partial charge in [0.25, 0.3) is 11.5 Å². The zero-order chi connectivity index (χ0) is 15.7. The lowest BCUT2D eigenvalue weighted by atomic mass is 10.3. The topological polar surface area (TPSA) is 93.9 Å². The van der Waals surface area contributed by atoms with Crippen LogP contribution in [0.3, 0.4) is 0 Å². The third-order valence-electron chi connectivity index (χ3n) is 2.82. The molecule has 0 aliphatic heterocycles. The van der Waals surface area contributed by atoms with E-state index < -0.39 is 0 Å². The van der Waals surface area contributed by atoms with Gasteiger partial charge in [0, 0.05) is 33.4 Å². The van der Waals surface area contributed by atoms with Gasteiger partial charge in [0.05, 0.1) is 26.4 Å². The lowest BCUT2D eigenvalue weighted by Gasteiger charge is -2.21. The summed E-state index contributed by atoms with van der Waals surface area (Å²) >= 11 is 0. The van der Waals surface area contributed by atoms with Crippen LogP contribution in [0.4, 0.5) is 0 Å². The lowest BCUT2D eigenvalue weighted by molar-refractivity contribution is 0.0647. The van der Waals surface area contributed by atoms with Gasteiger partial charge in [0.1, 0.15) is 5.69 Å². The number of amides is 1. The number of rotatable bonds is 9. The largest absolute Gasteiger partial charge is 0.395 e. The van der Waals surface area contributed by atoms with Gasteiger partial charge < -0.3 is 19.5 Å². The van der Waals surface area contributed by atoms with Crippen molar-refractivity contribution in [2.24, 2.45) is 0 Å². The third kappa shape index (κ3) is 5.25. The van der Waals surface area contributed by atoms with Crippen LogP contribution < -0.4 is 5.56 Å². The first-order chi connectivity index (χ1) is 10.1. The average Bonchev–Trinajstić information content (AvgIpc) is 2.50. The highest BCUT2D eigenvalue weighted by Gasteiger charge is 2.17. The van der Waals surface area contributed by atoms with E-state index in [1.54, 1.807) is 0 Å². The van der Waals surface area contributed by atoms with Gasteiger partial charge in [0.15, 0.2) is 0 Å². The van der Waals surface area contributed by atoms with E-state index in [9.17, 15) is 9.59 Å². The number of hydrogen-bond acceptors (Lipinski definition) is 6. The molecule has 0 unspecified atom stereocenters. The van der Waals surface area contributed by atoms with Crippen molar-refractivity contribution >= 4 is 5.91 Å². The molecule has 0 spiro atoms. The van der Waals surface area contributed by atoms with Crippen molar-refractivity contribution in [2.45, 2.75) is 6.54 Å².